The molecular weight excluding hydrogens is 435 g/mol. The smallest absolute Gasteiger partial charge is 0.249 e. The van der Waals surface area contributed by atoms with E-state index in [-0.39, 0.29) is 23.4 Å². The van der Waals surface area contributed by atoms with Gasteiger partial charge in [0.25, 0.3) is 0 Å². The summed E-state index contributed by atoms with van der Waals surface area (Å²) in [6.45, 7) is 1.13. The molecule has 1 saturated heterocycles. The lowest BCUT2D eigenvalue weighted by atomic mass is 9.81. The summed E-state index contributed by atoms with van der Waals surface area (Å²) >= 11 is 0. The molecule has 1 amide bonds. The average Bonchev–Trinajstić information content (AvgIpc) is 3.50. The Kier molecular flexibility index (Phi) is 5.95. The Morgan fingerprint density at radius 2 is 1.85 bits per heavy atom. The number of carbonyl (C=O) groups excluding carboxylic acids is 1. The lowest BCUT2D eigenvalue weighted by Gasteiger charge is -2.32. The van der Waals surface area contributed by atoms with E-state index in [1.165, 1.54) is 17.2 Å². The summed E-state index contributed by atoms with van der Waals surface area (Å²) in [7, 11) is 0. The van der Waals surface area contributed by atoms with Gasteiger partial charge in [-0.1, -0.05) is 0 Å². The van der Waals surface area contributed by atoms with E-state index < -0.39 is 5.82 Å². The van der Waals surface area contributed by atoms with Crippen molar-refractivity contribution in [3.05, 3.63) is 59.2 Å². The third-order valence-corrected chi connectivity index (χ3v) is 6.73. The van der Waals surface area contributed by atoms with Crippen LogP contribution < -0.4 is 0 Å². The van der Waals surface area contributed by atoms with Crippen LogP contribution in [0.5, 0.6) is 0 Å². The Morgan fingerprint density at radius 3 is 2.62 bits per heavy atom. The van der Waals surface area contributed by atoms with Crippen LogP contribution in [0.3, 0.4) is 0 Å². The highest BCUT2D eigenvalue weighted by atomic mass is 19.1. The number of benzene rings is 1. The molecule has 34 heavy (non-hydrogen) atoms. The average molecular weight is 458 g/mol. The van der Waals surface area contributed by atoms with E-state index in [0.717, 1.165) is 37.7 Å². The monoisotopic (exact) mass is 458 g/mol. The number of rotatable bonds is 4. The maximum Gasteiger partial charge on any atom is 0.249 e. The molecule has 8 nitrogen and oxygen atoms in total. The van der Waals surface area contributed by atoms with Gasteiger partial charge in [-0.2, -0.15) is 15.6 Å². The number of pyridine rings is 1. The van der Waals surface area contributed by atoms with Gasteiger partial charge in [0.05, 0.1) is 36.0 Å². The second kappa shape index (κ2) is 9.20. The van der Waals surface area contributed by atoms with Crippen molar-refractivity contribution in [2.45, 2.75) is 44.7 Å². The third-order valence-electron chi connectivity index (χ3n) is 6.73. The van der Waals surface area contributed by atoms with E-state index >= 15 is 0 Å². The molecule has 1 aliphatic carbocycles. The zero-order valence-corrected chi connectivity index (χ0v) is 18.5. The van der Waals surface area contributed by atoms with E-state index in [0.29, 0.717) is 35.6 Å². The molecule has 1 aliphatic heterocycles. The fourth-order valence-corrected chi connectivity index (χ4v) is 5.00. The molecule has 172 valence electrons. The van der Waals surface area contributed by atoms with Crippen LogP contribution in [0.1, 0.15) is 54.8 Å². The van der Waals surface area contributed by atoms with Crippen molar-refractivity contribution in [3.63, 3.8) is 0 Å². The van der Waals surface area contributed by atoms with Crippen LogP contribution in [0.4, 0.5) is 4.39 Å². The van der Waals surface area contributed by atoms with Gasteiger partial charge >= 0.3 is 0 Å². The van der Waals surface area contributed by atoms with Crippen LogP contribution in [-0.4, -0.2) is 32.3 Å². The summed E-state index contributed by atoms with van der Waals surface area (Å²) in [5, 5.41) is 24.1. The van der Waals surface area contributed by atoms with Gasteiger partial charge < -0.3 is 0 Å². The summed E-state index contributed by atoms with van der Waals surface area (Å²) < 4.78 is 15.8. The molecule has 2 aliphatic rings. The van der Waals surface area contributed by atoms with Crippen molar-refractivity contribution in [3.8, 4) is 12.1 Å². The van der Waals surface area contributed by atoms with Gasteiger partial charge in [0.1, 0.15) is 22.9 Å². The topological polar surface area (TPSA) is 108 Å². The van der Waals surface area contributed by atoms with Crippen LogP contribution in [-0.2, 0) is 16.2 Å². The zero-order chi connectivity index (χ0) is 23.7. The standard InChI is InChI=1S/C25H23FN6O2/c26-21-8-17(11-27)7-20(10-21)24-5-6-34-32(24)25(33)19-3-1-16(2-4-19)14-31-15-23-22(30-31)9-18(12-28)13-29-23/h7-10,13,15-16,19,24H,1-6,14H2/t16-,19-,24-/m0/s1. The summed E-state index contributed by atoms with van der Waals surface area (Å²) in [5.74, 6) is -0.302. The lowest BCUT2D eigenvalue weighted by molar-refractivity contribution is -0.183. The summed E-state index contributed by atoms with van der Waals surface area (Å²) in [5.41, 5.74) is 2.78. The molecule has 0 N–H and O–H groups in total. The Balaban J connectivity index is 1.21. The molecule has 2 fully saturated rings. The number of nitriles is 2. The molecular formula is C25H23FN6O2. The van der Waals surface area contributed by atoms with Gasteiger partial charge in [-0.25, -0.2) is 9.45 Å². The fraction of sp³-hybridized carbons (Fsp3) is 0.400. The van der Waals surface area contributed by atoms with Crippen LogP contribution in [0.15, 0.2) is 36.7 Å². The lowest BCUT2D eigenvalue weighted by Crippen LogP contribution is -2.37. The number of amides is 1. The first-order valence-electron chi connectivity index (χ1n) is 11.4. The molecule has 0 spiro atoms. The second-order valence-electron chi connectivity index (χ2n) is 9.00. The minimum Gasteiger partial charge on any atom is -0.272 e. The van der Waals surface area contributed by atoms with Crippen LogP contribution in [0.2, 0.25) is 0 Å². The number of hydrogen-bond donors (Lipinski definition) is 0. The van der Waals surface area contributed by atoms with E-state index in [2.05, 4.69) is 16.2 Å². The van der Waals surface area contributed by atoms with Gasteiger partial charge in [0.2, 0.25) is 5.91 Å². The van der Waals surface area contributed by atoms with E-state index in [4.69, 9.17) is 15.4 Å². The molecule has 1 aromatic carbocycles. The molecule has 2 aromatic heterocycles. The molecule has 5 rings (SSSR count). The Morgan fingerprint density at radius 1 is 1.06 bits per heavy atom. The van der Waals surface area contributed by atoms with Crippen molar-refractivity contribution in [1.82, 2.24) is 19.8 Å². The van der Waals surface area contributed by atoms with Gasteiger partial charge in [-0.15, -0.1) is 0 Å². The number of nitrogens with zero attached hydrogens (tertiary/aromatic N) is 6. The quantitative estimate of drug-likeness (QED) is 0.584. The minimum atomic E-state index is -0.487. The predicted octanol–water partition coefficient (Wildman–Crippen LogP) is 4.03. The summed E-state index contributed by atoms with van der Waals surface area (Å²) in [4.78, 5) is 23.2. The van der Waals surface area contributed by atoms with Crippen molar-refractivity contribution < 1.29 is 14.0 Å². The predicted molar refractivity (Wildman–Crippen MR) is 119 cm³/mol. The van der Waals surface area contributed by atoms with E-state index in [9.17, 15) is 9.18 Å². The number of aromatic nitrogens is 3. The first-order valence-corrected chi connectivity index (χ1v) is 11.4. The van der Waals surface area contributed by atoms with E-state index in [1.54, 1.807) is 18.3 Å². The Bertz CT molecular complexity index is 1320. The highest BCUT2D eigenvalue weighted by Gasteiger charge is 2.37. The number of fused-ring (bicyclic) bond motifs is 1. The van der Waals surface area contributed by atoms with E-state index in [1.807, 2.05) is 16.9 Å². The molecule has 3 aromatic rings. The van der Waals surface area contributed by atoms with Gasteiger partial charge in [0.15, 0.2) is 0 Å². The Labute approximate surface area is 196 Å². The number of halogens is 1. The first-order chi connectivity index (χ1) is 16.5. The molecule has 0 unspecified atom stereocenters. The highest BCUT2D eigenvalue weighted by molar-refractivity contribution is 5.78. The van der Waals surface area contributed by atoms with Gasteiger partial charge in [-0.05, 0) is 61.4 Å². The first kappa shape index (κ1) is 22.0. The maximum absolute atomic E-state index is 14.0. The molecule has 1 atom stereocenters. The molecule has 9 heteroatoms. The third kappa shape index (κ3) is 4.35. The van der Waals surface area contributed by atoms with Crippen molar-refractivity contribution in [1.29, 1.82) is 10.5 Å². The summed E-state index contributed by atoms with van der Waals surface area (Å²) in [6, 6.07) is 9.59. The van der Waals surface area contributed by atoms with Crippen molar-refractivity contribution >= 4 is 16.9 Å². The zero-order valence-electron chi connectivity index (χ0n) is 18.5. The van der Waals surface area contributed by atoms with Crippen LogP contribution in [0, 0.1) is 40.3 Å². The number of carbonyl (C=O) groups is 1. The highest BCUT2D eigenvalue weighted by Crippen LogP contribution is 2.37. The summed E-state index contributed by atoms with van der Waals surface area (Å²) in [6.07, 6.45) is 7.29. The number of hydroxylamine groups is 2. The largest absolute Gasteiger partial charge is 0.272 e. The Hall–Kier alpha value is -3.82. The molecule has 3 heterocycles. The van der Waals surface area contributed by atoms with Crippen LogP contribution >= 0.6 is 0 Å². The molecule has 0 radical (unpaired) electrons. The van der Waals surface area contributed by atoms with Crippen molar-refractivity contribution in [2.75, 3.05) is 6.61 Å². The normalized spacial score (nSPS) is 22.4. The second-order valence-corrected chi connectivity index (χ2v) is 9.00. The molecule has 1 saturated carbocycles. The minimum absolute atomic E-state index is 0.0678. The SMILES string of the molecule is N#Cc1cc(F)cc([C@@H]2CCON2C(=O)[C@H]2CC[C@H](Cn3cc4ncc(C#N)cc4n3)CC2)c1. The van der Waals surface area contributed by atoms with Gasteiger partial charge in [-0.3, -0.25) is 19.3 Å². The van der Waals surface area contributed by atoms with Crippen molar-refractivity contribution in [2.24, 2.45) is 11.8 Å². The maximum atomic E-state index is 14.0. The van der Waals surface area contributed by atoms with Crippen LogP contribution in [0.25, 0.3) is 11.0 Å². The van der Waals surface area contributed by atoms with Gasteiger partial charge in [0, 0.05) is 25.1 Å². The fourth-order valence-electron chi connectivity index (χ4n) is 5.00. The molecule has 0 bridgehead atoms. The number of hydrogen-bond acceptors (Lipinski definition) is 6.